The number of amides is 1. The Morgan fingerprint density at radius 2 is 2.00 bits per heavy atom. The van der Waals surface area contributed by atoms with Gasteiger partial charge in [-0.05, 0) is 19.1 Å². The van der Waals surface area contributed by atoms with Crippen molar-refractivity contribution in [2.24, 2.45) is 0 Å². The normalized spacial score (nSPS) is 14.5. The average molecular weight is 276 g/mol. The maximum absolute atomic E-state index is 12.2. The van der Waals surface area contributed by atoms with Gasteiger partial charge in [-0.1, -0.05) is 6.07 Å². The number of carbonyl (C=O) groups excluding carboxylic acids is 1. The molecular formula is C11H11F3N2O3. The van der Waals surface area contributed by atoms with E-state index in [9.17, 15) is 22.8 Å². The topological polar surface area (TPSA) is 79.3 Å². The Balaban J connectivity index is 2.93. The lowest BCUT2D eigenvalue weighted by molar-refractivity contribution is -0.177. The molecule has 1 aromatic heterocycles. The maximum atomic E-state index is 12.2. The van der Waals surface area contributed by atoms with Gasteiger partial charge < -0.3 is 10.4 Å². The molecule has 8 heteroatoms. The van der Waals surface area contributed by atoms with Crippen LogP contribution in [0.4, 0.5) is 13.2 Å². The van der Waals surface area contributed by atoms with Gasteiger partial charge in [0.2, 0.25) is 0 Å². The van der Waals surface area contributed by atoms with E-state index in [0.29, 0.717) is 0 Å². The van der Waals surface area contributed by atoms with Crippen LogP contribution in [-0.4, -0.2) is 33.7 Å². The molecule has 2 N–H and O–H groups in total. The van der Waals surface area contributed by atoms with Gasteiger partial charge in [0.15, 0.2) is 0 Å². The van der Waals surface area contributed by atoms with Crippen molar-refractivity contribution >= 4 is 11.9 Å². The first-order chi connectivity index (χ1) is 8.65. The number of hydrogen-bond acceptors (Lipinski definition) is 3. The molecule has 1 amide bonds. The molecule has 1 atom stereocenters. The Morgan fingerprint density at radius 1 is 1.37 bits per heavy atom. The van der Waals surface area contributed by atoms with Crippen molar-refractivity contribution in [2.75, 3.05) is 0 Å². The number of nitrogens with one attached hydrogen (secondary N) is 1. The lowest BCUT2D eigenvalue weighted by atomic mass is 9.95. The highest BCUT2D eigenvalue weighted by atomic mass is 19.4. The molecule has 0 radical (unpaired) electrons. The first-order valence-corrected chi connectivity index (χ1v) is 5.18. The predicted octanol–water partition coefficient (Wildman–Crippen LogP) is 1.15. The second-order valence-electron chi connectivity index (χ2n) is 4.09. The van der Waals surface area contributed by atoms with E-state index in [-0.39, 0.29) is 12.1 Å². The number of carbonyl (C=O) groups is 2. The van der Waals surface area contributed by atoms with Crippen LogP contribution in [0.3, 0.4) is 0 Å². The molecule has 0 aliphatic heterocycles. The molecular weight excluding hydrogens is 265 g/mol. The molecule has 1 unspecified atom stereocenters. The van der Waals surface area contributed by atoms with Crippen molar-refractivity contribution in [3.63, 3.8) is 0 Å². The number of carboxylic acid groups (broad SMARTS) is 1. The molecule has 5 nitrogen and oxygen atoms in total. The number of carboxylic acids is 1. The van der Waals surface area contributed by atoms with E-state index in [1.165, 1.54) is 17.6 Å². The first-order valence-electron chi connectivity index (χ1n) is 5.18. The lowest BCUT2D eigenvalue weighted by Crippen LogP contribution is -2.57. The summed E-state index contributed by atoms with van der Waals surface area (Å²) in [6.07, 6.45) is -4.12. The molecule has 0 spiro atoms. The third-order valence-electron chi connectivity index (χ3n) is 2.38. The predicted molar refractivity (Wildman–Crippen MR) is 58.2 cm³/mol. The summed E-state index contributed by atoms with van der Waals surface area (Å²) in [6, 6.07) is 4.60. The minimum absolute atomic E-state index is 0.259. The van der Waals surface area contributed by atoms with Gasteiger partial charge in [-0.2, -0.15) is 13.2 Å². The molecule has 0 aliphatic rings. The van der Waals surface area contributed by atoms with Crippen LogP contribution in [0.1, 0.15) is 12.6 Å². The minimum atomic E-state index is -5.14. The van der Waals surface area contributed by atoms with Crippen LogP contribution in [0.15, 0.2) is 24.4 Å². The van der Waals surface area contributed by atoms with Crippen molar-refractivity contribution in [1.29, 1.82) is 0 Å². The number of nitrogens with zero attached hydrogens (tertiary/aromatic N) is 1. The molecule has 0 saturated heterocycles. The van der Waals surface area contributed by atoms with Gasteiger partial charge in [-0.3, -0.25) is 9.78 Å². The zero-order chi connectivity index (χ0) is 14.7. The fourth-order valence-corrected chi connectivity index (χ4v) is 1.36. The van der Waals surface area contributed by atoms with E-state index in [4.69, 9.17) is 5.11 Å². The zero-order valence-electron chi connectivity index (χ0n) is 9.86. The SMILES string of the molecule is CC(Cc1ccccn1)(NC(=O)C(F)(F)F)C(=O)O. The molecule has 0 aromatic carbocycles. The number of aliphatic carboxylic acids is 1. The van der Waals surface area contributed by atoms with E-state index in [0.717, 1.165) is 6.92 Å². The summed E-state index contributed by atoms with van der Waals surface area (Å²) < 4.78 is 36.5. The molecule has 1 aromatic rings. The highest BCUT2D eigenvalue weighted by molar-refractivity contribution is 5.89. The van der Waals surface area contributed by atoms with Crippen LogP contribution in [0.25, 0.3) is 0 Å². The number of aromatic nitrogens is 1. The molecule has 0 fully saturated rings. The smallest absolute Gasteiger partial charge is 0.471 e. The van der Waals surface area contributed by atoms with Crippen LogP contribution < -0.4 is 5.32 Å². The second kappa shape index (κ2) is 5.25. The Bertz CT molecular complexity index is 476. The molecule has 104 valence electrons. The summed E-state index contributed by atoms with van der Waals surface area (Å²) in [6.45, 7) is 0.994. The zero-order valence-corrected chi connectivity index (χ0v) is 9.86. The van der Waals surface area contributed by atoms with Crippen LogP contribution >= 0.6 is 0 Å². The summed E-state index contributed by atoms with van der Waals surface area (Å²) in [5, 5.41) is 10.5. The Kier molecular flexibility index (Phi) is 4.13. The molecule has 1 heterocycles. The van der Waals surface area contributed by atoms with Gasteiger partial charge in [0.1, 0.15) is 5.54 Å². The molecule has 19 heavy (non-hydrogen) atoms. The van der Waals surface area contributed by atoms with Gasteiger partial charge in [0, 0.05) is 18.3 Å². The van der Waals surface area contributed by atoms with E-state index in [2.05, 4.69) is 4.98 Å². The van der Waals surface area contributed by atoms with Crippen molar-refractivity contribution < 1.29 is 27.9 Å². The number of pyridine rings is 1. The maximum Gasteiger partial charge on any atom is 0.471 e. The third-order valence-corrected chi connectivity index (χ3v) is 2.38. The fraction of sp³-hybridized carbons (Fsp3) is 0.364. The van der Waals surface area contributed by atoms with Crippen LogP contribution in [0.2, 0.25) is 0 Å². The quantitative estimate of drug-likeness (QED) is 0.864. The molecule has 0 aliphatic carbocycles. The van der Waals surface area contributed by atoms with Crippen molar-refractivity contribution in [1.82, 2.24) is 10.3 Å². The Labute approximate surface area is 106 Å². The van der Waals surface area contributed by atoms with Crippen molar-refractivity contribution in [3.8, 4) is 0 Å². The molecule has 0 saturated carbocycles. The Morgan fingerprint density at radius 3 is 2.42 bits per heavy atom. The first kappa shape index (κ1) is 14.9. The van der Waals surface area contributed by atoms with E-state index in [1.807, 2.05) is 0 Å². The number of halogens is 3. The molecule has 1 rings (SSSR count). The van der Waals surface area contributed by atoms with E-state index < -0.39 is 23.6 Å². The summed E-state index contributed by atoms with van der Waals surface area (Å²) in [7, 11) is 0. The summed E-state index contributed by atoms with van der Waals surface area (Å²) in [5.41, 5.74) is -1.82. The molecule has 0 bridgehead atoms. The summed E-state index contributed by atoms with van der Waals surface area (Å²) in [5.74, 6) is -3.87. The highest BCUT2D eigenvalue weighted by Gasteiger charge is 2.45. The largest absolute Gasteiger partial charge is 0.480 e. The Hall–Kier alpha value is -2.12. The fourth-order valence-electron chi connectivity index (χ4n) is 1.36. The van der Waals surface area contributed by atoms with E-state index in [1.54, 1.807) is 12.1 Å². The summed E-state index contributed by atoms with van der Waals surface area (Å²) in [4.78, 5) is 25.8. The van der Waals surface area contributed by atoms with Gasteiger partial charge in [-0.15, -0.1) is 0 Å². The number of rotatable bonds is 4. The van der Waals surface area contributed by atoms with Gasteiger partial charge in [0.25, 0.3) is 0 Å². The van der Waals surface area contributed by atoms with Gasteiger partial charge in [-0.25, -0.2) is 4.79 Å². The average Bonchev–Trinajstić information content (AvgIpc) is 2.28. The number of hydrogen-bond donors (Lipinski definition) is 2. The minimum Gasteiger partial charge on any atom is -0.480 e. The standard InChI is InChI=1S/C11H11F3N2O3/c1-10(9(18)19,16-8(17)11(12,13)14)6-7-4-2-3-5-15-7/h2-5H,6H2,1H3,(H,16,17)(H,18,19). The van der Waals surface area contributed by atoms with Crippen molar-refractivity contribution in [2.45, 2.75) is 25.1 Å². The summed E-state index contributed by atoms with van der Waals surface area (Å²) >= 11 is 0. The van der Waals surface area contributed by atoms with Crippen molar-refractivity contribution in [3.05, 3.63) is 30.1 Å². The van der Waals surface area contributed by atoms with Crippen LogP contribution in [-0.2, 0) is 16.0 Å². The van der Waals surface area contributed by atoms with E-state index >= 15 is 0 Å². The lowest BCUT2D eigenvalue weighted by Gasteiger charge is -2.26. The second-order valence-corrected chi connectivity index (χ2v) is 4.09. The van der Waals surface area contributed by atoms with Crippen LogP contribution in [0, 0.1) is 0 Å². The highest BCUT2D eigenvalue weighted by Crippen LogP contribution is 2.19. The number of alkyl halides is 3. The van der Waals surface area contributed by atoms with Gasteiger partial charge in [0.05, 0.1) is 0 Å². The monoisotopic (exact) mass is 276 g/mol. The third kappa shape index (κ3) is 3.94. The van der Waals surface area contributed by atoms with Gasteiger partial charge >= 0.3 is 18.1 Å². The van der Waals surface area contributed by atoms with Crippen LogP contribution in [0.5, 0.6) is 0 Å².